The van der Waals surface area contributed by atoms with Crippen LogP contribution in [0.25, 0.3) is 0 Å². The third-order valence-electron chi connectivity index (χ3n) is 4.93. The van der Waals surface area contributed by atoms with Gasteiger partial charge in [0.25, 0.3) is 0 Å². The summed E-state index contributed by atoms with van der Waals surface area (Å²) in [5.41, 5.74) is 1.06. The van der Waals surface area contributed by atoms with Crippen LogP contribution >= 0.6 is 0 Å². The van der Waals surface area contributed by atoms with Gasteiger partial charge in [0.15, 0.2) is 0 Å². The molecule has 0 aromatic carbocycles. The Morgan fingerprint density at radius 2 is 2.07 bits per heavy atom. The number of hydrogen-bond acceptors (Lipinski definition) is 7. The first-order valence-electron chi connectivity index (χ1n) is 9.29. The minimum atomic E-state index is 0.596. The Labute approximate surface area is 158 Å². The van der Waals surface area contributed by atoms with Crippen LogP contribution in [0.15, 0.2) is 43.4 Å². The molecule has 0 amide bonds. The highest BCUT2D eigenvalue weighted by Crippen LogP contribution is 2.22. The van der Waals surface area contributed by atoms with Gasteiger partial charge < -0.3 is 9.88 Å². The molecule has 1 aliphatic heterocycles. The average molecular weight is 364 g/mol. The summed E-state index contributed by atoms with van der Waals surface area (Å²) in [6, 6.07) is 2.01. The molecule has 0 spiro atoms. The summed E-state index contributed by atoms with van der Waals surface area (Å²) in [6.45, 7) is 3.11. The monoisotopic (exact) mass is 364 g/mol. The lowest BCUT2D eigenvalue weighted by Crippen LogP contribution is -2.36. The molecule has 8 heteroatoms. The van der Waals surface area contributed by atoms with Crippen LogP contribution in [-0.4, -0.2) is 47.5 Å². The Kier molecular flexibility index (Phi) is 5.34. The Balaban J connectivity index is 1.37. The minimum absolute atomic E-state index is 0.596. The standard InChI is InChI=1S/C19H24N8/c1-26-8-6-22-19(26)13-27-7-2-3-15(12-27)9-16-10-17(24-14-23-16)25-18-11-20-4-5-21-18/h4-6,8,10-11,14-15H,2-3,7,9,12-13H2,1H3,(H,21,23,24,25)/t15-/m1/s1. The second-order valence-electron chi connectivity index (χ2n) is 7.01. The van der Waals surface area contributed by atoms with Gasteiger partial charge in [0.1, 0.15) is 23.8 Å². The van der Waals surface area contributed by atoms with Crippen LogP contribution in [0.2, 0.25) is 0 Å². The fourth-order valence-corrected chi connectivity index (χ4v) is 3.58. The Morgan fingerprint density at radius 3 is 2.89 bits per heavy atom. The number of hydrogen-bond donors (Lipinski definition) is 1. The predicted molar refractivity (Wildman–Crippen MR) is 102 cm³/mol. The molecule has 1 atom stereocenters. The maximum Gasteiger partial charge on any atom is 0.150 e. The Hall–Kier alpha value is -2.87. The van der Waals surface area contributed by atoms with E-state index in [0.717, 1.165) is 43.4 Å². The number of aryl methyl sites for hydroxylation is 1. The molecule has 0 saturated carbocycles. The van der Waals surface area contributed by atoms with E-state index in [9.17, 15) is 0 Å². The van der Waals surface area contributed by atoms with Crippen LogP contribution in [-0.2, 0) is 20.0 Å². The molecule has 0 bridgehead atoms. The molecule has 1 N–H and O–H groups in total. The van der Waals surface area contributed by atoms with Crippen molar-refractivity contribution < 1.29 is 0 Å². The minimum Gasteiger partial charge on any atom is -0.337 e. The van der Waals surface area contributed by atoms with Gasteiger partial charge >= 0.3 is 0 Å². The van der Waals surface area contributed by atoms with Gasteiger partial charge in [0.05, 0.1) is 12.7 Å². The molecule has 3 aromatic rings. The second kappa shape index (κ2) is 8.22. The Bertz CT molecular complexity index is 863. The molecule has 140 valence electrons. The molecular weight excluding hydrogens is 340 g/mol. The van der Waals surface area contributed by atoms with Crippen molar-refractivity contribution in [1.82, 2.24) is 34.4 Å². The van der Waals surface area contributed by atoms with E-state index in [2.05, 4.69) is 46.8 Å². The smallest absolute Gasteiger partial charge is 0.150 e. The summed E-state index contributed by atoms with van der Waals surface area (Å²) in [7, 11) is 2.05. The molecule has 4 rings (SSSR count). The molecule has 4 heterocycles. The number of aromatic nitrogens is 6. The second-order valence-corrected chi connectivity index (χ2v) is 7.01. The van der Waals surface area contributed by atoms with Crippen molar-refractivity contribution in [2.45, 2.75) is 25.8 Å². The number of anilines is 2. The van der Waals surface area contributed by atoms with Crippen LogP contribution in [0.5, 0.6) is 0 Å². The summed E-state index contributed by atoms with van der Waals surface area (Å²) >= 11 is 0. The zero-order valence-electron chi connectivity index (χ0n) is 15.5. The molecular formula is C19H24N8. The average Bonchev–Trinajstić information content (AvgIpc) is 3.08. The summed E-state index contributed by atoms with van der Waals surface area (Å²) in [5.74, 6) is 3.15. The van der Waals surface area contributed by atoms with Crippen LogP contribution < -0.4 is 5.32 Å². The zero-order chi connectivity index (χ0) is 18.5. The van der Waals surface area contributed by atoms with Crippen LogP contribution in [0.3, 0.4) is 0 Å². The first-order chi connectivity index (χ1) is 13.3. The van der Waals surface area contributed by atoms with Gasteiger partial charge in [-0.3, -0.25) is 9.88 Å². The highest BCUT2D eigenvalue weighted by atomic mass is 15.2. The molecule has 0 radical (unpaired) electrons. The fourth-order valence-electron chi connectivity index (χ4n) is 3.58. The third-order valence-corrected chi connectivity index (χ3v) is 4.93. The van der Waals surface area contributed by atoms with Crippen molar-refractivity contribution in [3.05, 3.63) is 54.9 Å². The van der Waals surface area contributed by atoms with Crippen LogP contribution in [0.4, 0.5) is 11.6 Å². The number of nitrogens with zero attached hydrogens (tertiary/aromatic N) is 7. The van der Waals surface area contributed by atoms with E-state index in [1.165, 1.54) is 12.8 Å². The third kappa shape index (κ3) is 4.65. The van der Waals surface area contributed by atoms with Gasteiger partial charge in [-0.1, -0.05) is 0 Å². The number of imidazole rings is 1. The van der Waals surface area contributed by atoms with Gasteiger partial charge in [0.2, 0.25) is 0 Å². The molecule has 27 heavy (non-hydrogen) atoms. The topological polar surface area (TPSA) is 84.7 Å². The zero-order valence-corrected chi connectivity index (χ0v) is 15.5. The van der Waals surface area contributed by atoms with E-state index >= 15 is 0 Å². The van der Waals surface area contributed by atoms with Gasteiger partial charge in [-0.05, 0) is 31.7 Å². The van der Waals surface area contributed by atoms with Gasteiger partial charge in [0, 0.05) is 50.1 Å². The molecule has 1 fully saturated rings. The number of piperidine rings is 1. The van der Waals surface area contributed by atoms with Gasteiger partial charge in [-0.25, -0.2) is 19.9 Å². The maximum atomic E-state index is 4.47. The molecule has 1 saturated heterocycles. The molecule has 3 aromatic heterocycles. The number of likely N-dealkylation sites (tertiary alicyclic amines) is 1. The molecule has 8 nitrogen and oxygen atoms in total. The van der Waals surface area contributed by atoms with E-state index in [0.29, 0.717) is 11.7 Å². The molecule has 0 aliphatic carbocycles. The normalized spacial score (nSPS) is 17.7. The highest BCUT2D eigenvalue weighted by Gasteiger charge is 2.21. The largest absolute Gasteiger partial charge is 0.337 e. The van der Waals surface area contributed by atoms with Gasteiger partial charge in [-0.2, -0.15) is 0 Å². The summed E-state index contributed by atoms with van der Waals surface area (Å²) in [4.78, 5) is 24.0. The van der Waals surface area contributed by atoms with Crippen molar-refractivity contribution in [3.63, 3.8) is 0 Å². The quantitative estimate of drug-likeness (QED) is 0.718. The highest BCUT2D eigenvalue weighted by molar-refractivity contribution is 5.49. The number of nitrogens with one attached hydrogen (secondary N) is 1. The van der Waals surface area contributed by atoms with Gasteiger partial charge in [-0.15, -0.1) is 0 Å². The van der Waals surface area contributed by atoms with E-state index in [4.69, 9.17) is 0 Å². The van der Waals surface area contributed by atoms with Crippen LogP contribution in [0, 0.1) is 5.92 Å². The van der Waals surface area contributed by atoms with Crippen molar-refractivity contribution in [3.8, 4) is 0 Å². The number of rotatable bonds is 6. The molecule has 0 unspecified atom stereocenters. The van der Waals surface area contributed by atoms with Crippen molar-refractivity contribution in [2.75, 3.05) is 18.4 Å². The van der Waals surface area contributed by atoms with E-state index < -0.39 is 0 Å². The lowest BCUT2D eigenvalue weighted by atomic mass is 9.93. The van der Waals surface area contributed by atoms with E-state index in [1.807, 2.05) is 18.5 Å². The first-order valence-corrected chi connectivity index (χ1v) is 9.29. The Morgan fingerprint density at radius 1 is 1.11 bits per heavy atom. The predicted octanol–water partition coefficient (Wildman–Crippen LogP) is 2.20. The van der Waals surface area contributed by atoms with Crippen LogP contribution in [0.1, 0.15) is 24.4 Å². The SMILES string of the molecule is Cn1ccnc1CN1CCC[C@H](Cc2cc(Nc3cnccn3)ncn2)C1. The molecule has 1 aliphatic rings. The maximum absolute atomic E-state index is 4.47. The van der Waals surface area contributed by atoms with E-state index in [-0.39, 0.29) is 0 Å². The van der Waals surface area contributed by atoms with E-state index in [1.54, 1.807) is 24.9 Å². The lowest BCUT2D eigenvalue weighted by molar-refractivity contribution is 0.161. The van der Waals surface area contributed by atoms with Crippen molar-refractivity contribution >= 4 is 11.6 Å². The summed E-state index contributed by atoms with van der Waals surface area (Å²) in [6.07, 6.45) is 13.9. The first kappa shape index (κ1) is 17.5. The lowest BCUT2D eigenvalue weighted by Gasteiger charge is -2.32. The van der Waals surface area contributed by atoms with Crippen molar-refractivity contribution in [2.24, 2.45) is 13.0 Å². The fraction of sp³-hybridized carbons (Fsp3) is 0.421. The van der Waals surface area contributed by atoms with Crippen molar-refractivity contribution in [1.29, 1.82) is 0 Å². The summed E-state index contributed by atoms with van der Waals surface area (Å²) in [5, 5.41) is 3.18. The summed E-state index contributed by atoms with van der Waals surface area (Å²) < 4.78 is 2.10.